The molecule has 0 radical (unpaired) electrons. The van der Waals surface area contributed by atoms with Crippen LogP contribution in [0.1, 0.15) is 46.5 Å². The van der Waals surface area contributed by atoms with Crippen LogP contribution in [0.15, 0.2) is 47.1 Å². The first kappa shape index (κ1) is 40.8. The molecule has 0 unspecified atom stereocenters. The molecule has 0 aliphatic carbocycles. The van der Waals surface area contributed by atoms with Crippen molar-refractivity contribution in [2.45, 2.75) is 122 Å². The molecular formula is C41H62BrN5O5Si2. The van der Waals surface area contributed by atoms with Crippen LogP contribution in [0, 0.1) is 5.92 Å². The Bertz CT molecular complexity index is 1790. The van der Waals surface area contributed by atoms with Gasteiger partial charge in [-0.25, -0.2) is 4.79 Å². The van der Waals surface area contributed by atoms with E-state index in [2.05, 4.69) is 95.8 Å². The summed E-state index contributed by atoms with van der Waals surface area (Å²) in [5.41, 5.74) is 1.57. The maximum atomic E-state index is 13.4. The van der Waals surface area contributed by atoms with Gasteiger partial charge in [0, 0.05) is 47.0 Å². The summed E-state index contributed by atoms with van der Waals surface area (Å²) in [7, 11) is -0.865. The molecule has 3 aliphatic rings. The van der Waals surface area contributed by atoms with E-state index in [4.69, 9.17) is 24.0 Å². The summed E-state index contributed by atoms with van der Waals surface area (Å²) in [5.74, 6) is 2.97. The second-order valence-electron chi connectivity index (χ2n) is 18.8. The smallest absolute Gasteiger partial charge is 0.410 e. The zero-order chi connectivity index (χ0) is 39.0. The average molecular weight is 841 g/mol. The van der Waals surface area contributed by atoms with Gasteiger partial charge in [-0.2, -0.15) is 9.78 Å². The molecule has 2 bridgehead atoms. The van der Waals surface area contributed by atoms with Gasteiger partial charge in [0.2, 0.25) is 0 Å². The number of amides is 1. The first-order chi connectivity index (χ1) is 25.4. The predicted molar refractivity (Wildman–Crippen MR) is 229 cm³/mol. The average Bonchev–Trinajstić information content (AvgIpc) is 3.62. The maximum Gasteiger partial charge on any atom is 0.410 e. The first-order valence-electron chi connectivity index (χ1n) is 19.7. The third-order valence-corrected chi connectivity index (χ3v) is 15.0. The van der Waals surface area contributed by atoms with Crippen LogP contribution in [0.4, 0.5) is 10.6 Å². The van der Waals surface area contributed by atoms with Crippen molar-refractivity contribution in [3.63, 3.8) is 0 Å². The lowest BCUT2D eigenvalue weighted by atomic mass is 9.84. The molecule has 0 saturated carbocycles. The molecule has 3 aromatic rings. The number of carbonyl (C=O) groups excluding carboxylic acids is 1. The van der Waals surface area contributed by atoms with Gasteiger partial charge < -0.3 is 34.1 Å². The van der Waals surface area contributed by atoms with E-state index in [-0.39, 0.29) is 30.1 Å². The van der Waals surface area contributed by atoms with Crippen molar-refractivity contribution in [2.75, 3.05) is 39.1 Å². The number of methoxy groups -OCH3 is 1. The van der Waals surface area contributed by atoms with Crippen molar-refractivity contribution in [1.29, 1.82) is 0 Å². The van der Waals surface area contributed by atoms with Crippen LogP contribution in [0.3, 0.4) is 0 Å². The van der Waals surface area contributed by atoms with Gasteiger partial charge in [0.15, 0.2) is 0 Å². The maximum absolute atomic E-state index is 13.4. The molecule has 4 atom stereocenters. The van der Waals surface area contributed by atoms with Crippen LogP contribution in [-0.4, -0.2) is 99.3 Å². The van der Waals surface area contributed by atoms with Gasteiger partial charge in [0.1, 0.15) is 36.5 Å². The number of rotatable bonds is 14. The topological polar surface area (TPSA) is 90.3 Å². The molecule has 1 N–H and O–H groups in total. The zero-order valence-corrected chi connectivity index (χ0v) is 37.7. The van der Waals surface area contributed by atoms with E-state index in [1.54, 1.807) is 7.11 Å². The SMILES string of the molecule is COc1ccc2ccc(-c3cnn4c3N[C@H]([C@@H]3C[C@H]5CC[C@@H](C3)N5C(=O)OC(C)(C)C)C(Br)=C4N(COCC[Si](C)(C)C)COCC[Si](C)(C)C)cc2c1. The lowest BCUT2D eigenvalue weighted by molar-refractivity contribution is -0.0102. The highest BCUT2D eigenvalue weighted by molar-refractivity contribution is 9.11. The molecule has 296 valence electrons. The molecule has 0 spiro atoms. The Morgan fingerprint density at radius 3 is 2.11 bits per heavy atom. The highest BCUT2D eigenvalue weighted by Gasteiger charge is 2.48. The van der Waals surface area contributed by atoms with E-state index in [1.165, 1.54) is 0 Å². The summed E-state index contributed by atoms with van der Waals surface area (Å²) < 4.78 is 27.4. The largest absolute Gasteiger partial charge is 0.497 e. The van der Waals surface area contributed by atoms with Crippen molar-refractivity contribution < 1.29 is 23.7 Å². The Labute approximate surface area is 333 Å². The van der Waals surface area contributed by atoms with Crippen LogP contribution >= 0.6 is 15.9 Å². The minimum Gasteiger partial charge on any atom is -0.497 e. The van der Waals surface area contributed by atoms with Crippen LogP contribution in [0.25, 0.3) is 27.7 Å². The number of hydrogen-bond donors (Lipinski definition) is 1. The second-order valence-corrected chi connectivity index (χ2v) is 30.9. The summed E-state index contributed by atoms with van der Waals surface area (Å²) in [4.78, 5) is 17.7. The summed E-state index contributed by atoms with van der Waals surface area (Å²) in [5, 5.41) is 11.3. The molecule has 2 aromatic carbocycles. The number of benzene rings is 2. The Balaban J connectivity index is 1.37. The number of nitrogens with one attached hydrogen (secondary N) is 1. The lowest BCUT2D eigenvalue weighted by Gasteiger charge is -2.44. The van der Waals surface area contributed by atoms with Gasteiger partial charge in [0.05, 0.1) is 23.8 Å². The monoisotopic (exact) mass is 839 g/mol. The number of nitrogens with zero attached hydrogens (tertiary/aromatic N) is 4. The van der Waals surface area contributed by atoms with Crippen molar-refractivity contribution in [3.8, 4) is 16.9 Å². The Kier molecular flexibility index (Phi) is 12.3. The standard InChI is InChI=1S/C41H62BrN5O5Si2/c1-41(2,3)52-40(48)46-32-14-15-33(46)23-31(22-32)37-36(42)39(45(26-50-17-19-53(5,6)7)27-51-18-20-54(8,9)10)47-38(44-37)35(25-43-47)29-12-11-28-13-16-34(49-4)24-30(28)21-29/h11-13,16,21,24-25,31-33,37,44H,14-15,17-20,22-23,26-27H2,1-10H3/t31-,32-,33+,37-/m1/s1. The molecule has 10 nitrogen and oxygen atoms in total. The van der Waals surface area contributed by atoms with E-state index >= 15 is 0 Å². The summed E-state index contributed by atoms with van der Waals surface area (Å²) in [6.07, 6.45) is 5.53. The number of fused-ring (bicyclic) bond motifs is 4. The number of ether oxygens (including phenoxy) is 4. The van der Waals surface area contributed by atoms with Crippen LogP contribution in [0.5, 0.6) is 5.75 Å². The quantitative estimate of drug-likeness (QED) is 0.0975. The number of piperidine rings is 1. The number of hydrogen-bond acceptors (Lipinski definition) is 8. The Morgan fingerprint density at radius 2 is 1.54 bits per heavy atom. The normalized spacial score (nSPS) is 21.6. The van der Waals surface area contributed by atoms with Gasteiger partial charge in [-0.3, -0.25) is 0 Å². The first-order valence-corrected chi connectivity index (χ1v) is 27.9. The molecule has 3 aliphatic heterocycles. The number of aromatic nitrogens is 2. The molecule has 54 heavy (non-hydrogen) atoms. The number of anilines is 1. The van der Waals surface area contributed by atoms with E-state index < -0.39 is 21.7 Å². The van der Waals surface area contributed by atoms with Crippen molar-refractivity contribution in [2.24, 2.45) is 5.92 Å². The van der Waals surface area contributed by atoms with Gasteiger partial charge in [-0.15, -0.1) is 0 Å². The van der Waals surface area contributed by atoms with E-state index in [0.717, 1.165) is 81.5 Å². The summed E-state index contributed by atoms with van der Waals surface area (Å²) in [6.45, 7) is 22.3. The number of carbonyl (C=O) groups is 1. The van der Waals surface area contributed by atoms with Crippen LogP contribution in [0.2, 0.25) is 51.4 Å². The molecule has 6 rings (SSSR count). The van der Waals surface area contributed by atoms with Gasteiger partial charge >= 0.3 is 6.09 Å². The van der Waals surface area contributed by atoms with Gasteiger partial charge in [-0.05, 0) is 115 Å². The molecule has 1 amide bonds. The fourth-order valence-corrected chi connectivity index (χ4v) is 10.2. The molecular weight excluding hydrogens is 779 g/mol. The molecule has 13 heteroatoms. The third-order valence-electron chi connectivity index (χ3n) is 10.7. The van der Waals surface area contributed by atoms with Gasteiger partial charge in [0.25, 0.3) is 0 Å². The summed E-state index contributed by atoms with van der Waals surface area (Å²) in [6, 6.07) is 15.1. The number of halogens is 1. The van der Waals surface area contributed by atoms with E-state index in [1.807, 2.05) is 42.6 Å². The molecule has 2 saturated heterocycles. The van der Waals surface area contributed by atoms with Gasteiger partial charge in [-0.1, -0.05) is 57.5 Å². The second kappa shape index (κ2) is 16.3. The Morgan fingerprint density at radius 1 is 0.926 bits per heavy atom. The highest BCUT2D eigenvalue weighted by atomic mass is 79.9. The van der Waals surface area contributed by atoms with E-state index in [0.29, 0.717) is 26.7 Å². The minimum absolute atomic E-state index is 0.0427. The third kappa shape index (κ3) is 9.74. The van der Waals surface area contributed by atoms with E-state index in [9.17, 15) is 4.79 Å². The van der Waals surface area contributed by atoms with Crippen LogP contribution in [-0.2, 0) is 14.2 Å². The zero-order valence-electron chi connectivity index (χ0n) is 34.1. The molecule has 2 fully saturated rings. The fraction of sp³-hybridized carbons (Fsp3) is 0.610. The summed E-state index contributed by atoms with van der Waals surface area (Å²) >= 11 is 4.16. The fourth-order valence-electron chi connectivity index (χ4n) is 7.81. The lowest BCUT2D eigenvalue weighted by Crippen LogP contribution is -2.52. The minimum atomic E-state index is -1.28. The van der Waals surface area contributed by atoms with Crippen molar-refractivity contribution in [3.05, 3.63) is 47.1 Å². The molecule has 1 aromatic heterocycles. The van der Waals surface area contributed by atoms with Crippen molar-refractivity contribution >= 4 is 60.6 Å². The highest BCUT2D eigenvalue weighted by Crippen LogP contribution is 2.47. The Hall–Kier alpha value is -2.85. The van der Waals surface area contributed by atoms with Crippen LogP contribution < -0.4 is 10.1 Å². The molecule has 4 heterocycles. The van der Waals surface area contributed by atoms with Crippen molar-refractivity contribution in [1.82, 2.24) is 19.6 Å². The predicted octanol–water partition coefficient (Wildman–Crippen LogP) is 10.1.